The molecule has 6 N–H and O–H groups in total. The van der Waals surface area contributed by atoms with Crippen LogP contribution in [-0.2, 0) is 29.5 Å². The number of ketones is 1. The molecular formula is C46H48N3O8-. The van der Waals surface area contributed by atoms with Gasteiger partial charge in [0.2, 0.25) is 5.75 Å². The van der Waals surface area contributed by atoms with Crippen LogP contribution in [0.25, 0.3) is 10.8 Å². The Kier molecular flexibility index (Phi) is 11.6. The standard InChI is InChI=1S/C46H48N3O8/c1-56-41-22-28(7-14-37(41)51)8-15-38(52)44(39(53)16-9-29-21-40(54)45(55)42(23-29)57-2)46(18-3-5-32(46)26-34-6-4-19-47-34)33-17-20-48-43(27-33)49-35-12-10-31-25-36(50)13-11-30(31)24-35/h4,6-7,10-14,17,19-25,27,32,38,44,50-52,54-55H,3,5,8-9,15-16,18,26H2,1-2H3,(H,48,49)/q-1/t32-,38-,44-,46-/m1/s1. The van der Waals surface area contributed by atoms with Crippen LogP contribution in [0.4, 0.5) is 11.5 Å². The number of carbonyl (C=O) groups excluding carboxylic acids is 1. The van der Waals surface area contributed by atoms with E-state index in [1.165, 1.54) is 20.3 Å². The number of carbonyl (C=O) groups is 1. The number of aryl methyl sites for hydroxylation is 2. The number of fused-ring (bicyclic) bond motifs is 1. The minimum Gasteiger partial charge on any atom is -0.668 e. The molecule has 2 heterocycles. The number of anilines is 2. The minimum absolute atomic E-state index is 0.0192. The summed E-state index contributed by atoms with van der Waals surface area (Å²) in [6.07, 6.45) is 6.39. The van der Waals surface area contributed by atoms with Crippen molar-refractivity contribution in [3.05, 3.63) is 126 Å². The summed E-state index contributed by atoms with van der Waals surface area (Å²) in [5.41, 5.74) is 3.27. The van der Waals surface area contributed by atoms with Gasteiger partial charge in [-0.2, -0.15) is 11.9 Å². The van der Waals surface area contributed by atoms with Crippen molar-refractivity contribution >= 4 is 28.1 Å². The zero-order valence-electron chi connectivity index (χ0n) is 32.1. The van der Waals surface area contributed by atoms with Gasteiger partial charge in [0.05, 0.1) is 26.2 Å². The van der Waals surface area contributed by atoms with Gasteiger partial charge < -0.3 is 45.3 Å². The maximum atomic E-state index is 15.0. The van der Waals surface area contributed by atoms with Crippen LogP contribution < -0.4 is 19.8 Å². The van der Waals surface area contributed by atoms with Crippen molar-refractivity contribution in [1.29, 1.82) is 0 Å². The van der Waals surface area contributed by atoms with Crippen molar-refractivity contribution in [2.24, 2.45) is 11.8 Å². The molecule has 1 fully saturated rings. The maximum absolute atomic E-state index is 15.0. The molecular weight excluding hydrogens is 723 g/mol. The molecule has 0 bridgehead atoms. The summed E-state index contributed by atoms with van der Waals surface area (Å²) in [7, 11) is 2.88. The lowest BCUT2D eigenvalue weighted by atomic mass is 9.59. The molecule has 0 unspecified atom stereocenters. The van der Waals surface area contributed by atoms with E-state index in [-0.39, 0.29) is 59.7 Å². The number of benzene rings is 4. The highest BCUT2D eigenvalue weighted by Crippen LogP contribution is 2.54. The second-order valence-corrected chi connectivity index (χ2v) is 15.0. The highest BCUT2D eigenvalue weighted by atomic mass is 16.5. The normalized spacial score (nSPS) is 17.6. The first-order valence-corrected chi connectivity index (χ1v) is 19.3. The molecule has 7 rings (SSSR count). The number of aliphatic hydroxyl groups excluding tert-OH is 1. The van der Waals surface area contributed by atoms with Crippen molar-refractivity contribution in [3.8, 4) is 34.5 Å². The van der Waals surface area contributed by atoms with Crippen LogP contribution in [0.1, 0.15) is 54.5 Å². The molecule has 4 atom stereocenters. The largest absolute Gasteiger partial charge is 0.668 e. The van der Waals surface area contributed by atoms with Gasteiger partial charge in [0.1, 0.15) is 17.4 Å². The predicted molar refractivity (Wildman–Crippen MR) is 218 cm³/mol. The van der Waals surface area contributed by atoms with Crippen LogP contribution >= 0.6 is 0 Å². The molecule has 1 saturated carbocycles. The SMILES string of the molecule is COc1cc(CC[C@@H](O)[C@H](C(=O)CCc2cc(O)c(O)c(OC)c2)[C@]2(c3ccnc(Nc4ccc5cc(O)ccc5c4)c3)CCC[C@@H]2Cc2ccc[n-]2)ccc1O. The zero-order chi connectivity index (χ0) is 40.1. The van der Waals surface area contributed by atoms with E-state index in [1.807, 2.05) is 48.5 Å². The summed E-state index contributed by atoms with van der Waals surface area (Å²) in [6.45, 7) is 0. The third-order valence-corrected chi connectivity index (χ3v) is 11.6. The molecule has 296 valence electrons. The van der Waals surface area contributed by atoms with Crippen molar-refractivity contribution in [1.82, 2.24) is 9.97 Å². The average Bonchev–Trinajstić information content (AvgIpc) is 3.89. The second kappa shape index (κ2) is 16.9. The lowest BCUT2D eigenvalue weighted by Gasteiger charge is -2.45. The molecule has 0 spiro atoms. The van der Waals surface area contributed by atoms with Gasteiger partial charge in [-0.15, -0.1) is 0 Å². The van der Waals surface area contributed by atoms with Gasteiger partial charge in [-0.1, -0.05) is 36.8 Å². The lowest BCUT2D eigenvalue weighted by molar-refractivity contribution is -0.131. The number of Topliss-reactive ketones (excluding diaryl/α,β-unsaturated/α-hetero) is 1. The number of aliphatic hydroxyl groups is 1. The van der Waals surface area contributed by atoms with Crippen molar-refractivity contribution in [2.75, 3.05) is 19.5 Å². The molecule has 1 aliphatic carbocycles. The molecule has 0 radical (unpaired) electrons. The Hall–Kier alpha value is -6.20. The van der Waals surface area contributed by atoms with E-state index in [0.717, 1.165) is 46.1 Å². The Morgan fingerprint density at radius 3 is 2.46 bits per heavy atom. The van der Waals surface area contributed by atoms with E-state index in [9.17, 15) is 25.5 Å². The van der Waals surface area contributed by atoms with E-state index in [4.69, 9.17) is 9.47 Å². The molecule has 0 saturated heterocycles. The highest BCUT2D eigenvalue weighted by molar-refractivity contribution is 5.87. The zero-order valence-corrected chi connectivity index (χ0v) is 32.1. The van der Waals surface area contributed by atoms with Gasteiger partial charge in [0.15, 0.2) is 23.0 Å². The van der Waals surface area contributed by atoms with Gasteiger partial charge in [0.25, 0.3) is 0 Å². The Bertz CT molecular complexity index is 2340. The van der Waals surface area contributed by atoms with E-state index >= 15 is 4.79 Å². The van der Waals surface area contributed by atoms with Crippen LogP contribution in [0.3, 0.4) is 0 Å². The third-order valence-electron chi connectivity index (χ3n) is 11.6. The minimum atomic E-state index is -1.06. The number of methoxy groups -OCH3 is 2. The fourth-order valence-corrected chi connectivity index (χ4v) is 8.89. The van der Waals surface area contributed by atoms with Crippen LogP contribution in [0.5, 0.6) is 34.5 Å². The van der Waals surface area contributed by atoms with Crippen LogP contribution in [-0.4, -0.2) is 56.6 Å². The van der Waals surface area contributed by atoms with Gasteiger partial charge in [-0.25, -0.2) is 4.98 Å². The number of phenols is 4. The monoisotopic (exact) mass is 770 g/mol. The number of ether oxygens (including phenoxy) is 2. The number of aromatic hydroxyl groups is 4. The summed E-state index contributed by atoms with van der Waals surface area (Å²) in [4.78, 5) is 24.3. The van der Waals surface area contributed by atoms with Gasteiger partial charge in [0, 0.05) is 23.7 Å². The van der Waals surface area contributed by atoms with Crippen LogP contribution in [0.15, 0.2) is 103 Å². The first-order chi connectivity index (χ1) is 27.6. The van der Waals surface area contributed by atoms with Gasteiger partial charge >= 0.3 is 0 Å². The second-order valence-electron chi connectivity index (χ2n) is 15.0. The van der Waals surface area contributed by atoms with E-state index < -0.39 is 17.4 Å². The number of hydrogen-bond acceptors (Lipinski definition) is 10. The van der Waals surface area contributed by atoms with Crippen molar-refractivity contribution < 1.29 is 39.8 Å². The summed E-state index contributed by atoms with van der Waals surface area (Å²) in [6, 6.07) is 27.1. The molecule has 11 heteroatoms. The number of pyridine rings is 1. The molecule has 6 aromatic rings. The molecule has 2 aromatic heterocycles. The molecule has 1 aliphatic rings. The number of rotatable bonds is 16. The smallest absolute Gasteiger partial charge is 0.200 e. The summed E-state index contributed by atoms with van der Waals surface area (Å²) in [5.74, 6) is -0.478. The molecule has 57 heavy (non-hydrogen) atoms. The Morgan fingerprint density at radius 2 is 1.67 bits per heavy atom. The third kappa shape index (κ3) is 8.34. The van der Waals surface area contributed by atoms with Crippen molar-refractivity contribution in [2.45, 2.75) is 62.9 Å². The first kappa shape index (κ1) is 39.1. The number of phenolic OH excluding ortho intramolecular Hbond substituents is 4. The number of aromatic nitrogens is 2. The number of hydrogen-bond donors (Lipinski definition) is 6. The predicted octanol–water partition coefficient (Wildman–Crippen LogP) is 7.87. The van der Waals surface area contributed by atoms with Crippen LogP contribution in [0, 0.1) is 11.8 Å². The summed E-state index contributed by atoms with van der Waals surface area (Å²) >= 11 is 0. The van der Waals surface area contributed by atoms with Crippen molar-refractivity contribution in [3.63, 3.8) is 0 Å². The number of nitrogens with zero attached hydrogens (tertiary/aromatic N) is 2. The first-order valence-electron chi connectivity index (χ1n) is 19.3. The average molecular weight is 771 g/mol. The lowest BCUT2D eigenvalue weighted by Crippen LogP contribution is -2.49. The van der Waals surface area contributed by atoms with Crippen LogP contribution in [0.2, 0.25) is 0 Å². The van der Waals surface area contributed by atoms with E-state index in [0.29, 0.717) is 36.4 Å². The number of nitrogens with one attached hydrogen (secondary N) is 1. The molecule has 11 nitrogen and oxygen atoms in total. The molecule has 0 amide bonds. The summed E-state index contributed by atoms with van der Waals surface area (Å²) < 4.78 is 10.6. The maximum Gasteiger partial charge on any atom is 0.200 e. The fraction of sp³-hybridized carbons (Fsp3) is 0.304. The quantitative estimate of drug-likeness (QED) is 0.0529. The molecule has 4 aromatic carbocycles. The summed E-state index contributed by atoms with van der Waals surface area (Å²) in [5, 5.41) is 58.6. The van der Waals surface area contributed by atoms with Gasteiger partial charge in [-0.3, -0.25) is 4.79 Å². The van der Waals surface area contributed by atoms with E-state index in [1.54, 1.807) is 48.8 Å². The molecule has 0 aliphatic heterocycles. The Balaban J connectivity index is 1.28. The Labute approximate surface area is 331 Å². The van der Waals surface area contributed by atoms with E-state index in [2.05, 4.69) is 15.3 Å². The topological polar surface area (TPSA) is 176 Å². The fourth-order valence-electron chi connectivity index (χ4n) is 8.89. The van der Waals surface area contributed by atoms with Gasteiger partial charge in [-0.05, 0) is 133 Å². The highest BCUT2D eigenvalue weighted by Gasteiger charge is 2.54. The Morgan fingerprint density at radius 1 is 0.877 bits per heavy atom.